The molecule has 0 atom stereocenters. The number of carboxylic acid groups (broad SMARTS) is 1. The van der Waals surface area contributed by atoms with E-state index in [4.69, 9.17) is 4.52 Å². The van der Waals surface area contributed by atoms with Gasteiger partial charge in [-0.2, -0.15) is 0 Å². The average molecular weight is 247 g/mol. The van der Waals surface area contributed by atoms with Crippen molar-refractivity contribution in [2.24, 2.45) is 23.7 Å². The molecule has 4 heteroatoms. The molecule has 1 heterocycles. The number of hydrogen-bond acceptors (Lipinski definition) is 3. The molecule has 5 rings (SSSR count). The van der Waals surface area contributed by atoms with Crippen LogP contribution in [-0.4, -0.2) is 16.2 Å². The van der Waals surface area contributed by atoms with E-state index in [0.717, 1.165) is 11.8 Å². The van der Waals surface area contributed by atoms with Crippen molar-refractivity contribution in [3.05, 3.63) is 17.5 Å². The van der Waals surface area contributed by atoms with Gasteiger partial charge in [-0.05, 0) is 55.8 Å². The summed E-state index contributed by atoms with van der Waals surface area (Å²) >= 11 is 0. The summed E-state index contributed by atoms with van der Waals surface area (Å²) in [6.45, 7) is 0. The Morgan fingerprint density at radius 1 is 1.17 bits per heavy atom. The molecule has 1 aromatic heterocycles. The van der Waals surface area contributed by atoms with Gasteiger partial charge in [0.1, 0.15) is 5.56 Å². The fourth-order valence-electron chi connectivity index (χ4n) is 5.00. The van der Waals surface area contributed by atoms with Gasteiger partial charge in [-0.25, -0.2) is 4.79 Å². The maximum atomic E-state index is 11.2. The SMILES string of the molecule is O=C(O)c1cnoc1C1C2CC3CC(C2)CC1C3. The van der Waals surface area contributed by atoms with Crippen molar-refractivity contribution in [2.75, 3.05) is 0 Å². The molecular weight excluding hydrogens is 230 g/mol. The molecule has 4 saturated carbocycles. The third kappa shape index (κ3) is 1.38. The van der Waals surface area contributed by atoms with Gasteiger partial charge in [-0.3, -0.25) is 0 Å². The normalized spacial score (nSPS) is 41.2. The second kappa shape index (κ2) is 3.59. The van der Waals surface area contributed by atoms with Crippen LogP contribution in [0.5, 0.6) is 0 Å². The van der Waals surface area contributed by atoms with Crippen LogP contribution in [-0.2, 0) is 0 Å². The minimum absolute atomic E-state index is 0.285. The smallest absolute Gasteiger partial charge is 0.340 e. The number of carboxylic acids is 1. The number of aromatic nitrogens is 1. The predicted octanol–water partition coefficient (Wildman–Crippen LogP) is 2.91. The van der Waals surface area contributed by atoms with Crippen LogP contribution in [0.3, 0.4) is 0 Å². The lowest BCUT2D eigenvalue weighted by atomic mass is 9.51. The molecule has 0 spiro atoms. The first-order valence-electron chi connectivity index (χ1n) is 6.90. The Morgan fingerprint density at radius 3 is 2.33 bits per heavy atom. The highest BCUT2D eigenvalue weighted by atomic mass is 16.5. The van der Waals surface area contributed by atoms with Crippen LogP contribution in [0.25, 0.3) is 0 Å². The molecule has 4 aliphatic rings. The fourth-order valence-corrected chi connectivity index (χ4v) is 5.00. The Balaban J connectivity index is 1.72. The molecule has 96 valence electrons. The number of rotatable bonds is 2. The molecule has 18 heavy (non-hydrogen) atoms. The summed E-state index contributed by atoms with van der Waals surface area (Å²) in [5.41, 5.74) is 0.285. The van der Waals surface area contributed by atoms with Gasteiger partial charge in [0.2, 0.25) is 0 Å². The minimum atomic E-state index is -0.903. The summed E-state index contributed by atoms with van der Waals surface area (Å²) in [7, 11) is 0. The molecule has 0 aliphatic heterocycles. The van der Waals surface area contributed by atoms with Crippen molar-refractivity contribution in [3.63, 3.8) is 0 Å². The fraction of sp³-hybridized carbons (Fsp3) is 0.714. The largest absolute Gasteiger partial charge is 0.478 e. The van der Waals surface area contributed by atoms with Crippen LogP contribution in [0.4, 0.5) is 0 Å². The molecular formula is C14H17NO3. The highest BCUT2D eigenvalue weighted by Gasteiger charge is 2.50. The van der Waals surface area contributed by atoms with Gasteiger partial charge >= 0.3 is 5.97 Å². The summed E-state index contributed by atoms with van der Waals surface area (Å²) in [6, 6.07) is 0. The Labute approximate surface area is 105 Å². The summed E-state index contributed by atoms with van der Waals surface area (Å²) in [6.07, 6.45) is 7.81. The van der Waals surface area contributed by atoms with E-state index in [1.165, 1.54) is 38.3 Å². The molecule has 4 aliphatic carbocycles. The molecule has 1 aromatic rings. The second-order valence-electron chi connectivity index (χ2n) is 6.37. The predicted molar refractivity (Wildman–Crippen MR) is 63.2 cm³/mol. The minimum Gasteiger partial charge on any atom is -0.478 e. The zero-order chi connectivity index (χ0) is 12.3. The summed E-state index contributed by atoms with van der Waals surface area (Å²) in [5, 5.41) is 12.9. The lowest BCUT2D eigenvalue weighted by Gasteiger charge is -2.53. The van der Waals surface area contributed by atoms with E-state index >= 15 is 0 Å². The van der Waals surface area contributed by atoms with Crippen molar-refractivity contribution in [2.45, 2.75) is 38.0 Å². The van der Waals surface area contributed by atoms with Crippen molar-refractivity contribution < 1.29 is 14.4 Å². The number of aromatic carboxylic acids is 1. The van der Waals surface area contributed by atoms with Crippen LogP contribution < -0.4 is 0 Å². The lowest BCUT2D eigenvalue weighted by Crippen LogP contribution is -2.44. The van der Waals surface area contributed by atoms with Crippen LogP contribution in [0, 0.1) is 23.7 Å². The van der Waals surface area contributed by atoms with Crippen molar-refractivity contribution >= 4 is 5.97 Å². The second-order valence-corrected chi connectivity index (χ2v) is 6.37. The first kappa shape index (κ1) is 10.6. The van der Waals surface area contributed by atoms with Crippen LogP contribution in [0.1, 0.15) is 54.1 Å². The molecule has 4 fully saturated rings. The maximum Gasteiger partial charge on any atom is 0.340 e. The third-order valence-corrected chi connectivity index (χ3v) is 5.36. The summed E-state index contributed by atoms with van der Waals surface area (Å²) in [5.74, 6) is 3.10. The Hall–Kier alpha value is -1.32. The Bertz CT molecular complexity index is 465. The van der Waals surface area contributed by atoms with Gasteiger partial charge in [0.15, 0.2) is 5.76 Å². The maximum absolute atomic E-state index is 11.2. The molecule has 0 saturated heterocycles. The van der Waals surface area contributed by atoms with E-state index in [9.17, 15) is 9.90 Å². The Morgan fingerprint density at radius 2 is 1.78 bits per heavy atom. The van der Waals surface area contributed by atoms with Gasteiger partial charge < -0.3 is 9.63 Å². The molecule has 1 N–H and O–H groups in total. The standard InChI is InChI=1S/C14H17NO3/c16-14(17)11-6-15-18-13(11)12-9-2-7-1-8(4-9)5-10(12)3-7/h6-10,12H,1-5H2,(H,16,17). The summed E-state index contributed by atoms with van der Waals surface area (Å²) in [4.78, 5) is 11.2. The van der Waals surface area contributed by atoms with E-state index in [0.29, 0.717) is 23.5 Å². The van der Waals surface area contributed by atoms with E-state index in [2.05, 4.69) is 5.16 Å². The highest BCUT2D eigenvalue weighted by Crippen LogP contribution is 2.60. The van der Waals surface area contributed by atoms with Gasteiger partial charge in [-0.15, -0.1) is 0 Å². The van der Waals surface area contributed by atoms with Gasteiger partial charge in [0, 0.05) is 5.92 Å². The molecule has 0 radical (unpaired) electrons. The van der Waals surface area contributed by atoms with Crippen molar-refractivity contribution in [1.29, 1.82) is 0 Å². The molecule has 0 aromatic carbocycles. The van der Waals surface area contributed by atoms with Crippen LogP contribution in [0.15, 0.2) is 10.7 Å². The molecule has 4 nitrogen and oxygen atoms in total. The number of carbonyl (C=O) groups is 1. The summed E-state index contributed by atoms with van der Waals surface area (Å²) < 4.78 is 5.32. The zero-order valence-electron chi connectivity index (χ0n) is 10.2. The van der Waals surface area contributed by atoms with Gasteiger partial charge in [0.05, 0.1) is 6.20 Å². The van der Waals surface area contributed by atoms with Crippen LogP contribution in [0.2, 0.25) is 0 Å². The highest BCUT2D eigenvalue weighted by molar-refractivity contribution is 5.88. The molecule has 0 unspecified atom stereocenters. The third-order valence-electron chi connectivity index (χ3n) is 5.36. The van der Waals surface area contributed by atoms with E-state index in [1.54, 1.807) is 0 Å². The average Bonchev–Trinajstić information content (AvgIpc) is 2.76. The Kier molecular flexibility index (Phi) is 2.11. The van der Waals surface area contributed by atoms with E-state index in [-0.39, 0.29) is 5.56 Å². The van der Waals surface area contributed by atoms with Gasteiger partial charge in [-0.1, -0.05) is 5.16 Å². The van der Waals surface area contributed by atoms with Gasteiger partial charge in [0.25, 0.3) is 0 Å². The topological polar surface area (TPSA) is 63.3 Å². The van der Waals surface area contributed by atoms with E-state index in [1.807, 2.05) is 0 Å². The molecule has 0 amide bonds. The first-order valence-corrected chi connectivity index (χ1v) is 6.90. The monoisotopic (exact) mass is 247 g/mol. The van der Waals surface area contributed by atoms with Crippen molar-refractivity contribution in [1.82, 2.24) is 5.16 Å². The lowest BCUT2D eigenvalue weighted by molar-refractivity contribution is -0.0118. The zero-order valence-corrected chi connectivity index (χ0v) is 10.2. The number of nitrogens with zero attached hydrogens (tertiary/aromatic N) is 1. The van der Waals surface area contributed by atoms with E-state index < -0.39 is 5.97 Å². The molecule has 4 bridgehead atoms. The van der Waals surface area contributed by atoms with Crippen molar-refractivity contribution in [3.8, 4) is 0 Å². The quantitative estimate of drug-likeness (QED) is 0.872. The first-order chi connectivity index (χ1) is 8.72. The van der Waals surface area contributed by atoms with Crippen LogP contribution >= 0.6 is 0 Å². The number of hydrogen-bond donors (Lipinski definition) is 1.